The zero-order valence-corrected chi connectivity index (χ0v) is 37.8. The highest BCUT2D eigenvalue weighted by Crippen LogP contribution is 2.40. The van der Waals surface area contributed by atoms with Crippen molar-refractivity contribution in [2.75, 3.05) is 13.2 Å². The predicted molar refractivity (Wildman–Crippen MR) is 242 cm³/mol. The number of hydrogen-bond acceptors (Lipinski definition) is 10. The van der Waals surface area contributed by atoms with Crippen molar-refractivity contribution in [2.24, 2.45) is 0 Å². The molecule has 3 heterocycles. The van der Waals surface area contributed by atoms with Crippen LogP contribution in [0.15, 0.2) is 152 Å². The van der Waals surface area contributed by atoms with Crippen molar-refractivity contribution in [3.8, 4) is 0 Å². The topological polar surface area (TPSA) is 92.3 Å². The molecule has 10 nitrogen and oxygen atoms in total. The first-order valence-electron chi connectivity index (χ1n) is 22.3. The standard InChI is InChI=1S/C52H62O10Si/c1-37-44(54-32-38-20-10-5-11-21-38)46(55-33-39-22-12-6-13-23-39)48(57-35-41-26-16-8-17-27-41)52(59-37)62-49-47(56-34-40-24-14-7-15-25-40)45-43(60-51(49)53-30-31-63(2,3)4)36-58-50(61-45)42-28-18-9-19-29-42/h5-29,37,43-52H,30-36H2,1-4H3/t37-,43+,44+,45-,46+,47-,48-,49+,50?,51+,52+/m0/s1. The summed E-state index contributed by atoms with van der Waals surface area (Å²) in [4.78, 5) is 0. The molecule has 63 heavy (non-hydrogen) atoms. The second-order valence-corrected chi connectivity index (χ2v) is 23.4. The van der Waals surface area contributed by atoms with Crippen LogP contribution in [0, 0.1) is 0 Å². The third-order valence-corrected chi connectivity index (χ3v) is 13.4. The normalized spacial score (nSPS) is 28.6. The average molecular weight is 875 g/mol. The van der Waals surface area contributed by atoms with E-state index < -0.39 is 75.8 Å². The Bertz CT molecular complexity index is 2060. The molecule has 8 rings (SSSR count). The Labute approximate surface area is 373 Å². The summed E-state index contributed by atoms with van der Waals surface area (Å²) < 4.78 is 68.6. The Morgan fingerprint density at radius 3 is 1.44 bits per heavy atom. The Morgan fingerprint density at radius 2 is 0.937 bits per heavy atom. The van der Waals surface area contributed by atoms with Gasteiger partial charge in [0.05, 0.1) is 39.1 Å². The average Bonchev–Trinajstić information content (AvgIpc) is 3.31. The van der Waals surface area contributed by atoms with Gasteiger partial charge in [0.1, 0.15) is 42.7 Å². The van der Waals surface area contributed by atoms with Crippen molar-refractivity contribution < 1.29 is 47.4 Å². The molecule has 0 N–H and O–H groups in total. The molecular weight excluding hydrogens is 813 g/mol. The predicted octanol–water partition coefficient (Wildman–Crippen LogP) is 9.65. The van der Waals surface area contributed by atoms with Crippen LogP contribution in [0.2, 0.25) is 25.7 Å². The molecule has 0 amide bonds. The highest BCUT2D eigenvalue weighted by Gasteiger charge is 2.55. The van der Waals surface area contributed by atoms with E-state index in [1.807, 2.05) is 122 Å². The molecular formula is C52H62O10Si. The molecule has 0 spiro atoms. The number of fused-ring (bicyclic) bond motifs is 1. The van der Waals surface area contributed by atoms with E-state index in [1.54, 1.807) is 0 Å². The largest absolute Gasteiger partial charge is 0.368 e. The molecule has 11 heteroatoms. The fraction of sp³-hybridized carbons (Fsp3) is 0.423. The van der Waals surface area contributed by atoms with E-state index in [0.717, 1.165) is 33.9 Å². The summed E-state index contributed by atoms with van der Waals surface area (Å²) in [6.45, 7) is 11.1. The van der Waals surface area contributed by atoms with Crippen LogP contribution in [0.4, 0.5) is 0 Å². The van der Waals surface area contributed by atoms with Crippen LogP contribution in [0.3, 0.4) is 0 Å². The van der Waals surface area contributed by atoms with Gasteiger partial charge in [-0.05, 0) is 35.2 Å². The minimum atomic E-state index is -1.49. The quantitative estimate of drug-likeness (QED) is 0.0748. The van der Waals surface area contributed by atoms with E-state index in [0.29, 0.717) is 26.4 Å². The summed E-state index contributed by atoms with van der Waals surface area (Å²) in [5, 5.41) is 0. The van der Waals surface area contributed by atoms with E-state index in [9.17, 15) is 0 Å². The van der Waals surface area contributed by atoms with Gasteiger partial charge in [0.25, 0.3) is 0 Å². The molecule has 3 aliphatic heterocycles. The van der Waals surface area contributed by atoms with Gasteiger partial charge < -0.3 is 47.4 Å². The lowest BCUT2D eigenvalue weighted by Gasteiger charge is -2.51. The summed E-state index contributed by atoms with van der Waals surface area (Å²) in [7, 11) is -1.49. The maximum absolute atomic E-state index is 7.32. The van der Waals surface area contributed by atoms with Crippen LogP contribution in [0.1, 0.15) is 41.0 Å². The lowest BCUT2D eigenvalue weighted by Crippen LogP contribution is -2.66. The number of ether oxygens (including phenoxy) is 10. The minimum Gasteiger partial charge on any atom is -0.368 e. The summed E-state index contributed by atoms with van der Waals surface area (Å²) >= 11 is 0. The molecule has 5 aromatic carbocycles. The summed E-state index contributed by atoms with van der Waals surface area (Å²) in [6.07, 6.45) is -7.32. The van der Waals surface area contributed by atoms with Gasteiger partial charge in [-0.3, -0.25) is 0 Å². The summed E-state index contributed by atoms with van der Waals surface area (Å²) in [5.41, 5.74) is 4.99. The fourth-order valence-corrected chi connectivity index (χ4v) is 8.91. The zero-order valence-electron chi connectivity index (χ0n) is 36.8. The number of rotatable bonds is 19. The fourth-order valence-electron chi connectivity index (χ4n) is 8.18. The van der Waals surface area contributed by atoms with Crippen molar-refractivity contribution in [2.45, 2.75) is 127 Å². The first-order valence-corrected chi connectivity index (χ1v) is 26.0. The van der Waals surface area contributed by atoms with Crippen LogP contribution in [-0.2, 0) is 73.8 Å². The third-order valence-electron chi connectivity index (χ3n) is 11.6. The molecule has 3 aliphatic rings. The third kappa shape index (κ3) is 12.6. The van der Waals surface area contributed by atoms with Crippen molar-refractivity contribution >= 4 is 8.07 Å². The summed E-state index contributed by atoms with van der Waals surface area (Å²) in [6, 6.07) is 51.4. The van der Waals surface area contributed by atoms with Gasteiger partial charge in [-0.2, -0.15) is 0 Å². The number of benzene rings is 5. The van der Waals surface area contributed by atoms with E-state index in [1.165, 1.54) is 0 Å². The van der Waals surface area contributed by atoms with Gasteiger partial charge >= 0.3 is 0 Å². The van der Waals surface area contributed by atoms with Gasteiger partial charge in [0.15, 0.2) is 18.9 Å². The summed E-state index contributed by atoms with van der Waals surface area (Å²) in [5.74, 6) is 0. The van der Waals surface area contributed by atoms with E-state index in [2.05, 4.69) is 56.0 Å². The molecule has 3 fully saturated rings. The molecule has 0 saturated carbocycles. The lowest BCUT2D eigenvalue weighted by atomic mass is 9.95. The molecule has 0 aromatic heterocycles. The van der Waals surface area contributed by atoms with Gasteiger partial charge in [-0.1, -0.05) is 171 Å². The Balaban J connectivity index is 1.15. The molecule has 5 aromatic rings. The van der Waals surface area contributed by atoms with Crippen LogP contribution >= 0.6 is 0 Å². The molecule has 11 atom stereocenters. The van der Waals surface area contributed by atoms with E-state index in [-0.39, 0.29) is 13.2 Å². The van der Waals surface area contributed by atoms with Crippen molar-refractivity contribution in [3.63, 3.8) is 0 Å². The second kappa shape index (κ2) is 22.2. The zero-order chi connectivity index (χ0) is 43.4. The molecule has 1 unspecified atom stereocenters. The van der Waals surface area contributed by atoms with Crippen LogP contribution in [0.25, 0.3) is 0 Å². The first kappa shape index (κ1) is 45.5. The molecule has 0 aliphatic carbocycles. The van der Waals surface area contributed by atoms with Gasteiger partial charge in [0, 0.05) is 20.2 Å². The highest BCUT2D eigenvalue weighted by atomic mass is 28.3. The SMILES string of the molecule is C[C@@H]1O[C@H](O[C@H]2[C@H](OCC[Si](C)(C)C)O[C@@H]3COC(c4ccccc4)O[C@@H]3[C@@H]2OCc2ccccc2)[C@@H](OCc2ccccc2)[C@H](OCc2ccccc2)[C@@H]1OCc1ccccc1. The molecule has 0 bridgehead atoms. The molecule has 3 saturated heterocycles. The van der Waals surface area contributed by atoms with Gasteiger partial charge in [0.2, 0.25) is 0 Å². The van der Waals surface area contributed by atoms with Gasteiger partial charge in [-0.15, -0.1) is 0 Å². The Hall–Kier alpha value is -4.08. The van der Waals surface area contributed by atoms with Crippen LogP contribution < -0.4 is 0 Å². The highest BCUT2D eigenvalue weighted by molar-refractivity contribution is 6.76. The van der Waals surface area contributed by atoms with Crippen LogP contribution in [-0.4, -0.2) is 82.7 Å². The van der Waals surface area contributed by atoms with E-state index in [4.69, 9.17) is 47.4 Å². The van der Waals surface area contributed by atoms with E-state index >= 15 is 0 Å². The van der Waals surface area contributed by atoms with Crippen LogP contribution in [0.5, 0.6) is 0 Å². The van der Waals surface area contributed by atoms with Gasteiger partial charge in [-0.25, -0.2) is 0 Å². The molecule has 0 radical (unpaired) electrons. The maximum atomic E-state index is 7.32. The maximum Gasteiger partial charge on any atom is 0.187 e. The van der Waals surface area contributed by atoms with Crippen molar-refractivity contribution in [1.82, 2.24) is 0 Å². The smallest absolute Gasteiger partial charge is 0.187 e. The minimum absolute atomic E-state index is 0.283. The first-order chi connectivity index (χ1) is 30.8. The Morgan fingerprint density at radius 1 is 0.476 bits per heavy atom. The second-order valence-electron chi connectivity index (χ2n) is 17.8. The van der Waals surface area contributed by atoms with Crippen molar-refractivity contribution in [1.29, 1.82) is 0 Å². The van der Waals surface area contributed by atoms with Crippen molar-refractivity contribution in [3.05, 3.63) is 179 Å². The molecule has 334 valence electrons. The number of hydrogen-bond donors (Lipinski definition) is 0. The Kier molecular flexibility index (Phi) is 16.0. The lowest BCUT2D eigenvalue weighted by molar-refractivity contribution is -0.400. The monoisotopic (exact) mass is 874 g/mol.